The highest BCUT2D eigenvalue weighted by Crippen LogP contribution is 2.36. The lowest BCUT2D eigenvalue weighted by Crippen LogP contribution is -2.37. The monoisotopic (exact) mass is 297 g/mol. The van der Waals surface area contributed by atoms with E-state index in [1.807, 2.05) is 0 Å². The SMILES string of the molecule is CCCC1(c2nc3ccc(C(F)(F)F)cc3[nH]2)CCCN1. The van der Waals surface area contributed by atoms with E-state index >= 15 is 0 Å². The van der Waals surface area contributed by atoms with E-state index in [2.05, 4.69) is 22.2 Å². The van der Waals surface area contributed by atoms with E-state index in [-0.39, 0.29) is 5.54 Å². The highest BCUT2D eigenvalue weighted by Gasteiger charge is 2.37. The van der Waals surface area contributed by atoms with Gasteiger partial charge in [-0.25, -0.2) is 4.98 Å². The van der Waals surface area contributed by atoms with Gasteiger partial charge in [0.2, 0.25) is 0 Å². The van der Waals surface area contributed by atoms with Crippen molar-refractivity contribution in [2.75, 3.05) is 6.54 Å². The van der Waals surface area contributed by atoms with Crippen LogP contribution in [0.1, 0.15) is 44.0 Å². The van der Waals surface area contributed by atoms with E-state index in [1.165, 1.54) is 6.07 Å². The molecule has 21 heavy (non-hydrogen) atoms. The number of nitrogens with one attached hydrogen (secondary N) is 2. The molecule has 114 valence electrons. The second-order valence-electron chi connectivity index (χ2n) is 5.68. The van der Waals surface area contributed by atoms with E-state index in [0.29, 0.717) is 11.0 Å². The zero-order valence-corrected chi connectivity index (χ0v) is 11.8. The largest absolute Gasteiger partial charge is 0.416 e. The molecule has 6 heteroatoms. The fraction of sp³-hybridized carbons (Fsp3) is 0.533. The first-order chi connectivity index (χ1) is 9.94. The third kappa shape index (κ3) is 2.52. The Morgan fingerprint density at radius 3 is 2.76 bits per heavy atom. The Kier molecular flexibility index (Phi) is 3.43. The molecule has 2 heterocycles. The molecular formula is C15H18F3N3. The summed E-state index contributed by atoms with van der Waals surface area (Å²) in [5.74, 6) is 0.760. The van der Waals surface area contributed by atoms with Crippen molar-refractivity contribution in [3.8, 4) is 0 Å². The molecular weight excluding hydrogens is 279 g/mol. The van der Waals surface area contributed by atoms with E-state index < -0.39 is 11.7 Å². The van der Waals surface area contributed by atoms with Crippen LogP contribution in [0.25, 0.3) is 11.0 Å². The zero-order valence-electron chi connectivity index (χ0n) is 11.8. The molecule has 1 aliphatic rings. The Balaban J connectivity index is 2.04. The number of benzene rings is 1. The molecule has 1 atom stereocenters. The summed E-state index contributed by atoms with van der Waals surface area (Å²) >= 11 is 0. The summed E-state index contributed by atoms with van der Waals surface area (Å²) in [6, 6.07) is 3.66. The van der Waals surface area contributed by atoms with Crippen molar-refractivity contribution in [1.29, 1.82) is 0 Å². The van der Waals surface area contributed by atoms with Gasteiger partial charge in [-0.2, -0.15) is 13.2 Å². The van der Waals surface area contributed by atoms with E-state index in [0.717, 1.165) is 50.2 Å². The predicted molar refractivity (Wildman–Crippen MR) is 74.9 cm³/mol. The van der Waals surface area contributed by atoms with Crippen LogP contribution in [0.3, 0.4) is 0 Å². The summed E-state index contributed by atoms with van der Waals surface area (Å²) in [6.45, 7) is 3.02. The second-order valence-corrected chi connectivity index (χ2v) is 5.68. The number of alkyl halides is 3. The number of halogens is 3. The Hall–Kier alpha value is -1.56. The molecule has 2 N–H and O–H groups in total. The molecule has 2 aromatic rings. The average Bonchev–Trinajstić information content (AvgIpc) is 3.03. The van der Waals surface area contributed by atoms with Gasteiger partial charge in [-0.3, -0.25) is 0 Å². The van der Waals surface area contributed by atoms with Gasteiger partial charge >= 0.3 is 6.18 Å². The van der Waals surface area contributed by atoms with Crippen molar-refractivity contribution in [3.63, 3.8) is 0 Å². The number of nitrogens with zero attached hydrogens (tertiary/aromatic N) is 1. The standard InChI is InChI=1S/C15H18F3N3/c1-2-6-14(7-3-8-19-14)13-20-11-5-4-10(15(16,17)18)9-12(11)21-13/h4-5,9,19H,2-3,6-8H2,1H3,(H,20,21). The van der Waals surface area contributed by atoms with Crippen molar-refractivity contribution in [2.45, 2.75) is 44.3 Å². The normalized spacial score (nSPS) is 23.0. The first-order valence-corrected chi connectivity index (χ1v) is 7.27. The predicted octanol–water partition coefficient (Wildman–Crippen LogP) is 3.96. The van der Waals surface area contributed by atoms with E-state index in [9.17, 15) is 13.2 Å². The Labute approximate surface area is 121 Å². The van der Waals surface area contributed by atoms with Crippen LogP contribution in [0.2, 0.25) is 0 Å². The van der Waals surface area contributed by atoms with Crippen LogP contribution in [0.15, 0.2) is 18.2 Å². The van der Waals surface area contributed by atoms with Crippen molar-refractivity contribution in [2.24, 2.45) is 0 Å². The molecule has 3 rings (SSSR count). The van der Waals surface area contributed by atoms with Crippen molar-refractivity contribution >= 4 is 11.0 Å². The molecule has 1 aromatic carbocycles. The fourth-order valence-corrected chi connectivity index (χ4v) is 3.18. The molecule has 0 bridgehead atoms. The molecule has 0 aliphatic carbocycles. The van der Waals surface area contributed by atoms with Gasteiger partial charge in [0.1, 0.15) is 5.82 Å². The van der Waals surface area contributed by atoms with Crippen molar-refractivity contribution in [3.05, 3.63) is 29.6 Å². The molecule has 1 saturated heterocycles. The number of hydrogen-bond acceptors (Lipinski definition) is 2. The molecule has 0 amide bonds. The summed E-state index contributed by atoms with van der Waals surface area (Å²) in [4.78, 5) is 7.63. The number of hydrogen-bond donors (Lipinski definition) is 2. The van der Waals surface area contributed by atoms with Gasteiger partial charge in [0.05, 0.1) is 22.1 Å². The zero-order chi connectivity index (χ0) is 15.1. The van der Waals surface area contributed by atoms with Crippen molar-refractivity contribution in [1.82, 2.24) is 15.3 Å². The average molecular weight is 297 g/mol. The first-order valence-electron chi connectivity index (χ1n) is 7.27. The summed E-state index contributed by atoms with van der Waals surface area (Å²) in [5, 5.41) is 3.48. The second kappa shape index (κ2) is 5.02. The molecule has 1 aliphatic heterocycles. The Morgan fingerprint density at radius 2 is 2.14 bits per heavy atom. The van der Waals surface area contributed by atoms with Gasteiger partial charge < -0.3 is 10.3 Å². The quantitative estimate of drug-likeness (QED) is 0.900. The lowest BCUT2D eigenvalue weighted by Gasteiger charge is -2.26. The number of imidazole rings is 1. The van der Waals surface area contributed by atoms with E-state index in [4.69, 9.17) is 0 Å². The van der Waals surface area contributed by atoms with Crippen LogP contribution in [-0.2, 0) is 11.7 Å². The van der Waals surface area contributed by atoms with Gasteiger partial charge in [-0.05, 0) is 44.0 Å². The first kappa shape index (κ1) is 14.4. The van der Waals surface area contributed by atoms with Crippen LogP contribution in [0.5, 0.6) is 0 Å². The maximum atomic E-state index is 12.8. The van der Waals surface area contributed by atoms with Crippen molar-refractivity contribution < 1.29 is 13.2 Å². The third-order valence-electron chi connectivity index (χ3n) is 4.18. The van der Waals surface area contributed by atoms with Gasteiger partial charge in [-0.1, -0.05) is 13.3 Å². The Bertz CT molecular complexity index is 639. The minimum atomic E-state index is -4.33. The van der Waals surface area contributed by atoms with Crippen LogP contribution in [0, 0.1) is 0 Å². The highest BCUT2D eigenvalue weighted by molar-refractivity contribution is 5.76. The topological polar surface area (TPSA) is 40.7 Å². The van der Waals surface area contributed by atoms with Gasteiger partial charge in [0.15, 0.2) is 0 Å². The number of aromatic nitrogens is 2. The highest BCUT2D eigenvalue weighted by atomic mass is 19.4. The fourth-order valence-electron chi connectivity index (χ4n) is 3.18. The molecule has 0 spiro atoms. The minimum Gasteiger partial charge on any atom is -0.340 e. The van der Waals surface area contributed by atoms with Crippen LogP contribution in [0.4, 0.5) is 13.2 Å². The molecule has 1 fully saturated rings. The van der Waals surface area contributed by atoms with Gasteiger partial charge in [0, 0.05) is 0 Å². The maximum Gasteiger partial charge on any atom is 0.416 e. The third-order valence-corrected chi connectivity index (χ3v) is 4.18. The molecule has 0 saturated carbocycles. The van der Waals surface area contributed by atoms with Crippen LogP contribution in [-0.4, -0.2) is 16.5 Å². The van der Waals surface area contributed by atoms with Gasteiger partial charge in [0.25, 0.3) is 0 Å². The lowest BCUT2D eigenvalue weighted by molar-refractivity contribution is -0.137. The summed E-state index contributed by atoms with van der Waals surface area (Å²) in [5.41, 5.74) is 0.173. The smallest absolute Gasteiger partial charge is 0.340 e. The molecule has 3 nitrogen and oxygen atoms in total. The van der Waals surface area contributed by atoms with Crippen LogP contribution >= 0.6 is 0 Å². The number of aromatic amines is 1. The summed E-state index contributed by atoms with van der Waals surface area (Å²) < 4.78 is 38.3. The van der Waals surface area contributed by atoms with E-state index in [1.54, 1.807) is 0 Å². The molecule has 0 radical (unpaired) electrons. The Morgan fingerprint density at radius 1 is 1.33 bits per heavy atom. The number of H-pyrrole nitrogens is 1. The van der Waals surface area contributed by atoms with Crippen LogP contribution < -0.4 is 5.32 Å². The molecule has 1 aromatic heterocycles. The molecule has 1 unspecified atom stereocenters. The summed E-state index contributed by atoms with van der Waals surface area (Å²) in [6.07, 6.45) is -0.374. The minimum absolute atomic E-state index is 0.216. The number of rotatable bonds is 3. The lowest BCUT2D eigenvalue weighted by atomic mass is 9.91. The summed E-state index contributed by atoms with van der Waals surface area (Å²) in [7, 11) is 0. The number of fused-ring (bicyclic) bond motifs is 1. The maximum absolute atomic E-state index is 12.8. The van der Waals surface area contributed by atoms with Gasteiger partial charge in [-0.15, -0.1) is 0 Å².